The Hall–Kier alpha value is -4.24. The lowest BCUT2D eigenvalue weighted by Gasteiger charge is -2.43. The predicted octanol–water partition coefficient (Wildman–Crippen LogP) is 2.32. The zero-order valence-electron chi connectivity index (χ0n) is 18.3. The molecule has 0 radical (unpaired) electrons. The van der Waals surface area contributed by atoms with Crippen molar-refractivity contribution in [3.63, 3.8) is 0 Å². The van der Waals surface area contributed by atoms with Crippen molar-refractivity contribution in [1.82, 2.24) is 4.98 Å². The number of anilines is 3. The number of aromatic nitrogens is 1. The van der Waals surface area contributed by atoms with Gasteiger partial charge in [-0.25, -0.2) is 0 Å². The highest BCUT2D eigenvalue weighted by Crippen LogP contribution is 2.36. The summed E-state index contributed by atoms with van der Waals surface area (Å²) >= 11 is 0. The lowest BCUT2D eigenvalue weighted by atomic mass is 9.20. The van der Waals surface area contributed by atoms with Gasteiger partial charge in [0.2, 0.25) is 6.71 Å². The summed E-state index contributed by atoms with van der Waals surface area (Å²) in [5, 5.41) is 0. The van der Waals surface area contributed by atoms with Gasteiger partial charge in [-0.3, -0.25) is 4.98 Å². The van der Waals surface area contributed by atoms with Gasteiger partial charge in [-0.05, 0) is 58.2 Å². The van der Waals surface area contributed by atoms with Gasteiger partial charge in [0, 0.05) is 29.5 Å². The van der Waals surface area contributed by atoms with Crippen LogP contribution in [-0.4, -0.2) is 18.4 Å². The van der Waals surface area contributed by atoms with Crippen LogP contribution in [0.5, 0.6) is 11.5 Å². The van der Waals surface area contributed by atoms with Crippen molar-refractivity contribution in [2.75, 3.05) is 4.90 Å². The third-order valence-electron chi connectivity index (χ3n) is 7.50. The van der Waals surface area contributed by atoms with Crippen LogP contribution in [-0.2, 0) is 0 Å². The second-order valence-electron chi connectivity index (χ2n) is 9.15. The van der Waals surface area contributed by atoms with Gasteiger partial charge in [0.1, 0.15) is 11.5 Å². The van der Waals surface area contributed by atoms with Gasteiger partial charge in [0.05, 0.1) is 0 Å². The van der Waals surface area contributed by atoms with Crippen LogP contribution in [0.2, 0.25) is 0 Å². The van der Waals surface area contributed by atoms with E-state index in [0.29, 0.717) is 0 Å². The molecule has 0 unspecified atom stereocenters. The Balaban J connectivity index is 1.50. The minimum atomic E-state index is 0.109. The van der Waals surface area contributed by atoms with Crippen molar-refractivity contribution in [1.29, 1.82) is 0 Å². The van der Waals surface area contributed by atoms with E-state index in [1.165, 1.54) is 44.4 Å². The summed E-state index contributed by atoms with van der Waals surface area (Å²) in [5.74, 6) is 1.86. The van der Waals surface area contributed by atoms with E-state index in [2.05, 4.69) is 101 Å². The molecule has 0 saturated heterocycles. The summed E-state index contributed by atoms with van der Waals surface area (Å²) in [7, 11) is 0. The zero-order chi connectivity index (χ0) is 22.2. The topological polar surface area (TPSA) is 25.4 Å². The van der Waals surface area contributed by atoms with Gasteiger partial charge in [0.25, 0.3) is 6.71 Å². The number of ether oxygens (including phenoxy) is 1. The molecule has 4 aromatic carbocycles. The van der Waals surface area contributed by atoms with E-state index in [9.17, 15) is 0 Å². The molecule has 34 heavy (non-hydrogen) atoms. The Morgan fingerprint density at radius 1 is 0.559 bits per heavy atom. The number of nitrogens with zero attached hydrogens (tertiary/aromatic N) is 2. The maximum absolute atomic E-state index is 6.41. The van der Waals surface area contributed by atoms with Crippen LogP contribution in [0.1, 0.15) is 0 Å². The first-order valence-electron chi connectivity index (χ1n) is 11.7. The first kappa shape index (κ1) is 18.2. The number of rotatable bonds is 1. The first-order chi connectivity index (χ1) is 16.9. The highest BCUT2D eigenvalue weighted by atomic mass is 16.5. The summed E-state index contributed by atoms with van der Waals surface area (Å²) in [4.78, 5) is 6.90. The molecule has 5 heteroatoms. The molecule has 3 aliphatic rings. The Morgan fingerprint density at radius 2 is 1.26 bits per heavy atom. The van der Waals surface area contributed by atoms with E-state index >= 15 is 0 Å². The number of para-hydroxylation sites is 2. The van der Waals surface area contributed by atoms with Gasteiger partial charge < -0.3 is 9.64 Å². The fourth-order valence-electron chi connectivity index (χ4n) is 6.24. The average molecular weight is 432 g/mol. The maximum atomic E-state index is 6.41. The SMILES string of the molecule is c1ccc(N2c3ccccc3B3c4cccc5c4B(c4cnccc4O5)c4cccc2c43)cc1. The fourth-order valence-corrected chi connectivity index (χ4v) is 6.24. The Labute approximate surface area is 198 Å². The molecule has 0 bridgehead atoms. The van der Waals surface area contributed by atoms with Gasteiger partial charge in [-0.1, -0.05) is 71.6 Å². The maximum Gasteiger partial charge on any atom is 0.251 e. The lowest BCUT2D eigenvalue weighted by molar-refractivity contribution is 0.487. The summed E-state index contributed by atoms with van der Waals surface area (Å²) in [5.41, 5.74) is 11.5. The molecule has 0 aliphatic carbocycles. The quantitative estimate of drug-likeness (QED) is 0.373. The number of hydrogen-bond donors (Lipinski definition) is 0. The summed E-state index contributed by atoms with van der Waals surface area (Å²) in [6.07, 6.45) is 3.79. The van der Waals surface area contributed by atoms with Crippen molar-refractivity contribution in [3.8, 4) is 11.5 Å². The zero-order valence-corrected chi connectivity index (χ0v) is 18.3. The number of hydrogen-bond acceptors (Lipinski definition) is 3. The fraction of sp³-hybridized carbons (Fsp3) is 0. The minimum Gasteiger partial charge on any atom is -0.458 e. The van der Waals surface area contributed by atoms with Crippen molar-refractivity contribution >= 4 is 63.3 Å². The molecule has 0 N–H and O–H groups in total. The molecular weight excluding hydrogens is 414 g/mol. The standard InChI is InChI=1S/C29H18B2N2O/c1-2-8-19(9-3-1)33-24-13-5-4-10-20(24)30-22-12-7-15-27-29(22)31(21-11-6-14-25(33)28(21)30)23-18-32-17-16-26(23)34-27/h1-18H. The summed E-state index contributed by atoms with van der Waals surface area (Å²) < 4.78 is 6.41. The van der Waals surface area contributed by atoms with Crippen LogP contribution in [0.15, 0.2) is 109 Å². The monoisotopic (exact) mass is 432 g/mol. The van der Waals surface area contributed by atoms with Gasteiger partial charge in [-0.2, -0.15) is 0 Å². The number of benzene rings is 4. The molecular formula is C29H18B2N2O. The molecule has 8 rings (SSSR count). The van der Waals surface area contributed by atoms with E-state index in [1.54, 1.807) is 0 Å². The molecule has 4 heterocycles. The lowest BCUT2D eigenvalue weighted by Crippen LogP contribution is -2.77. The van der Waals surface area contributed by atoms with Gasteiger partial charge in [0.15, 0.2) is 0 Å². The van der Waals surface area contributed by atoms with E-state index in [1.807, 2.05) is 18.5 Å². The molecule has 0 amide bonds. The molecule has 1 aromatic heterocycles. The van der Waals surface area contributed by atoms with Crippen molar-refractivity contribution in [2.24, 2.45) is 0 Å². The molecule has 0 spiro atoms. The van der Waals surface area contributed by atoms with Crippen LogP contribution in [0.25, 0.3) is 0 Å². The predicted molar refractivity (Wildman–Crippen MR) is 141 cm³/mol. The smallest absolute Gasteiger partial charge is 0.251 e. The highest BCUT2D eigenvalue weighted by Gasteiger charge is 2.47. The largest absolute Gasteiger partial charge is 0.458 e. The van der Waals surface area contributed by atoms with Crippen LogP contribution in [0.3, 0.4) is 0 Å². The molecule has 156 valence electrons. The van der Waals surface area contributed by atoms with Crippen LogP contribution in [0.4, 0.5) is 17.1 Å². The van der Waals surface area contributed by atoms with Crippen molar-refractivity contribution in [3.05, 3.63) is 109 Å². The first-order valence-corrected chi connectivity index (χ1v) is 11.7. The average Bonchev–Trinajstić information content (AvgIpc) is 2.90. The normalized spacial score (nSPS) is 13.9. The highest BCUT2D eigenvalue weighted by molar-refractivity contribution is 7.13. The van der Waals surface area contributed by atoms with Gasteiger partial charge in [-0.15, -0.1) is 0 Å². The summed E-state index contributed by atoms with van der Waals surface area (Å²) in [6.45, 7) is 0.271. The third kappa shape index (κ3) is 2.26. The van der Waals surface area contributed by atoms with Crippen LogP contribution < -0.4 is 42.4 Å². The minimum absolute atomic E-state index is 0.109. The molecule has 0 fully saturated rings. The van der Waals surface area contributed by atoms with E-state index in [-0.39, 0.29) is 13.4 Å². The Bertz CT molecular complexity index is 1620. The molecule has 0 saturated carbocycles. The number of pyridine rings is 1. The second-order valence-corrected chi connectivity index (χ2v) is 9.15. The van der Waals surface area contributed by atoms with E-state index in [4.69, 9.17) is 4.74 Å². The van der Waals surface area contributed by atoms with E-state index in [0.717, 1.165) is 17.0 Å². The Kier molecular flexibility index (Phi) is 3.56. The molecule has 3 aliphatic heterocycles. The molecule has 0 atom stereocenters. The second kappa shape index (κ2) is 6.64. The van der Waals surface area contributed by atoms with Crippen molar-refractivity contribution in [2.45, 2.75) is 0 Å². The third-order valence-corrected chi connectivity index (χ3v) is 7.50. The molecule has 5 aromatic rings. The van der Waals surface area contributed by atoms with Gasteiger partial charge >= 0.3 is 0 Å². The summed E-state index contributed by atoms with van der Waals surface area (Å²) in [6, 6.07) is 34.8. The number of fused-ring (bicyclic) bond motifs is 6. The van der Waals surface area contributed by atoms with Crippen molar-refractivity contribution < 1.29 is 4.74 Å². The Morgan fingerprint density at radius 3 is 2.18 bits per heavy atom. The van der Waals surface area contributed by atoms with Crippen LogP contribution >= 0.6 is 0 Å². The van der Waals surface area contributed by atoms with Crippen LogP contribution in [0, 0.1) is 0 Å². The molecule has 3 nitrogen and oxygen atoms in total. The van der Waals surface area contributed by atoms with E-state index < -0.39 is 0 Å².